The second-order valence-corrected chi connectivity index (χ2v) is 11.2. The molecule has 7 unspecified atom stereocenters. The fourth-order valence-corrected chi connectivity index (χ4v) is 5.02. The number of likely N-dealkylation sites (tertiary alicyclic amines) is 1. The van der Waals surface area contributed by atoms with E-state index in [9.17, 15) is 29.7 Å². The molecule has 0 spiro atoms. The number of nitrogens with zero attached hydrogens (tertiary/aromatic N) is 1. The van der Waals surface area contributed by atoms with Crippen molar-refractivity contribution in [2.24, 2.45) is 11.8 Å². The van der Waals surface area contributed by atoms with Gasteiger partial charge in [-0.05, 0) is 32.3 Å². The van der Waals surface area contributed by atoms with Crippen LogP contribution >= 0.6 is 0 Å². The number of carbonyl (C=O) groups excluding carboxylic acids is 2. The Kier molecular flexibility index (Phi) is 13.6. The van der Waals surface area contributed by atoms with Crippen molar-refractivity contribution in [3.05, 3.63) is 71.6 Å². The molecule has 4 N–H and O–H groups in total. The van der Waals surface area contributed by atoms with Crippen molar-refractivity contribution in [1.29, 1.82) is 0 Å². The van der Waals surface area contributed by atoms with Crippen LogP contribution in [-0.4, -0.2) is 86.8 Å². The molecule has 0 radical (unpaired) electrons. The lowest BCUT2D eigenvalue weighted by atomic mass is 9.92. The first-order valence-corrected chi connectivity index (χ1v) is 14.2. The van der Waals surface area contributed by atoms with Gasteiger partial charge in [0.25, 0.3) is 5.91 Å². The highest BCUT2D eigenvalue weighted by molar-refractivity contribution is 6.27. The maximum atomic E-state index is 12.5. The fraction of sp³-hybridized carbons (Fsp3) is 0.531. The zero-order valence-corrected chi connectivity index (χ0v) is 25.2. The zero-order chi connectivity index (χ0) is 31.6. The van der Waals surface area contributed by atoms with Crippen LogP contribution in [0.15, 0.2) is 71.6 Å². The molecule has 2 saturated heterocycles. The van der Waals surface area contributed by atoms with Crippen LogP contribution in [0.4, 0.5) is 0 Å². The van der Waals surface area contributed by atoms with Crippen molar-refractivity contribution in [2.45, 2.75) is 90.6 Å². The predicted octanol–water partition coefficient (Wildman–Crippen LogP) is 3.78. The third kappa shape index (κ3) is 9.90. The number of aliphatic hydroxyl groups excluding tert-OH is 3. The second-order valence-electron chi connectivity index (χ2n) is 11.2. The minimum absolute atomic E-state index is 0.0136. The van der Waals surface area contributed by atoms with Crippen molar-refractivity contribution < 1.29 is 44.3 Å². The van der Waals surface area contributed by atoms with Crippen molar-refractivity contribution in [3.63, 3.8) is 0 Å². The first-order chi connectivity index (χ1) is 19.7. The Morgan fingerprint density at radius 2 is 1.64 bits per heavy atom. The summed E-state index contributed by atoms with van der Waals surface area (Å²) in [7, 11) is 1.41. The number of carboxylic acid groups (broad SMARTS) is 1. The smallest absolute Gasteiger partial charge is 0.303 e. The number of ether oxygens (including phenoxy) is 2. The predicted molar refractivity (Wildman–Crippen MR) is 158 cm³/mol. The normalized spacial score (nSPS) is 28.7. The molecule has 10 heteroatoms. The molecule has 0 aromatic heterocycles. The van der Waals surface area contributed by atoms with Gasteiger partial charge in [-0.25, -0.2) is 0 Å². The van der Waals surface area contributed by atoms with Crippen LogP contribution in [0.2, 0.25) is 0 Å². The number of rotatable bonds is 13. The van der Waals surface area contributed by atoms with E-state index in [-0.39, 0.29) is 42.8 Å². The van der Waals surface area contributed by atoms with E-state index in [1.807, 2.05) is 25.2 Å². The number of allylic oxidation sites excluding steroid dienone is 9. The Hall–Kier alpha value is -3.31. The van der Waals surface area contributed by atoms with E-state index < -0.39 is 54.1 Å². The van der Waals surface area contributed by atoms with Crippen LogP contribution in [0, 0.1) is 11.8 Å². The maximum absolute atomic E-state index is 12.5. The van der Waals surface area contributed by atoms with E-state index in [1.54, 1.807) is 25.2 Å². The number of amides is 1. The van der Waals surface area contributed by atoms with Crippen LogP contribution in [0.25, 0.3) is 0 Å². The van der Waals surface area contributed by atoms with E-state index in [0.717, 1.165) is 10.5 Å². The van der Waals surface area contributed by atoms with Gasteiger partial charge in [0.15, 0.2) is 12.1 Å². The van der Waals surface area contributed by atoms with Gasteiger partial charge in [0.1, 0.15) is 17.4 Å². The van der Waals surface area contributed by atoms with E-state index in [0.29, 0.717) is 0 Å². The van der Waals surface area contributed by atoms with Gasteiger partial charge in [-0.15, -0.1) is 0 Å². The molecular formula is C32H45NO9. The monoisotopic (exact) mass is 587 g/mol. The van der Waals surface area contributed by atoms with Crippen LogP contribution < -0.4 is 0 Å². The van der Waals surface area contributed by atoms with Crippen LogP contribution in [-0.2, 0) is 23.9 Å². The van der Waals surface area contributed by atoms with Gasteiger partial charge in [0, 0.05) is 25.8 Å². The number of hydrogen-bond donors (Lipinski definition) is 4. The van der Waals surface area contributed by atoms with Crippen molar-refractivity contribution in [2.75, 3.05) is 7.05 Å². The first kappa shape index (κ1) is 34.9. The van der Waals surface area contributed by atoms with E-state index in [1.165, 1.54) is 19.2 Å². The lowest BCUT2D eigenvalue weighted by Gasteiger charge is -2.38. The standard InChI is InChI=1S/C32H45NO9/c1-19(2)31(42-27-18-25(35)29(38)22(5)41-27)21(4)17-20(3)13-11-9-7-8-10-12-14-24(34)28-30(39)23(15-16-26(36)37)33(6)32(28)40/h7-14,17,19,21-23,25,27,29,31,34-35,38H,15-16,18H2,1-6H3,(H,36,37). The Morgan fingerprint density at radius 1 is 1.05 bits per heavy atom. The molecular weight excluding hydrogens is 542 g/mol. The number of carbonyl (C=O) groups is 3. The molecule has 7 atom stereocenters. The fourth-order valence-electron chi connectivity index (χ4n) is 5.02. The number of likely N-dealkylation sites (N-methyl/N-ethyl adjacent to an activating group) is 1. The summed E-state index contributed by atoms with van der Waals surface area (Å²) in [5.41, 5.74) is 0.697. The Morgan fingerprint density at radius 3 is 2.21 bits per heavy atom. The molecule has 42 heavy (non-hydrogen) atoms. The summed E-state index contributed by atoms with van der Waals surface area (Å²) in [6.07, 6.45) is 12.6. The van der Waals surface area contributed by atoms with Crippen molar-refractivity contribution >= 4 is 17.7 Å². The highest BCUT2D eigenvalue weighted by atomic mass is 16.7. The SMILES string of the molecule is CC(C=CC=CC=CC=CC(O)=C1C(=O)C(CCC(=O)O)N(C)C1=O)=CC(C)C(OC1CC(O)C(O)C(C)O1)C(C)C. The molecule has 10 nitrogen and oxygen atoms in total. The molecule has 0 aliphatic carbocycles. The Balaban J connectivity index is 1.92. The molecule has 0 aromatic carbocycles. The summed E-state index contributed by atoms with van der Waals surface area (Å²) < 4.78 is 11.9. The summed E-state index contributed by atoms with van der Waals surface area (Å²) in [4.78, 5) is 36.9. The number of aliphatic carboxylic acids is 1. The van der Waals surface area contributed by atoms with Gasteiger partial charge in [-0.1, -0.05) is 75.0 Å². The average molecular weight is 588 g/mol. The molecule has 2 rings (SSSR count). The lowest BCUT2D eigenvalue weighted by Crippen LogP contribution is -2.49. The van der Waals surface area contributed by atoms with Crippen molar-refractivity contribution in [1.82, 2.24) is 4.90 Å². The molecule has 0 saturated carbocycles. The molecule has 0 aromatic rings. The largest absolute Gasteiger partial charge is 0.507 e. The Bertz CT molecular complexity index is 1130. The minimum Gasteiger partial charge on any atom is -0.507 e. The van der Waals surface area contributed by atoms with Gasteiger partial charge in [0.05, 0.1) is 24.4 Å². The molecule has 1 amide bonds. The van der Waals surface area contributed by atoms with Gasteiger partial charge in [-0.3, -0.25) is 14.4 Å². The molecule has 2 heterocycles. The summed E-state index contributed by atoms with van der Waals surface area (Å²) in [5, 5.41) is 39.1. The topological polar surface area (TPSA) is 154 Å². The summed E-state index contributed by atoms with van der Waals surface area (Å²) in [6, 6.07) is -0.896. The number of aliphatic hydroxyl groups is 3. The van der Waals surface area contributed by atoms with Crippen LogP contribution in [0.5, 0.6) is 0 Å². The average Bonchev–Trinajstić information content (AvgIpc) is 3.12. The van der Waals surface area contributed by atoms with E-state index in [4.69, 9.17) is 14.6 Å². The van der Waals surface area contributed by atoms with Gasteiger partial charge < -0.3 is 34.8 Å². The summed E-state index contributed by atoms with van der Waals surface area (Å²) in [5.74, 6) is -2.47. The summed E-state index contributed by atoms with van der Waals surface area (Å²) in [6.45, 7) is 9.91. The quantitative estimate of drug-likeness (QED) is 0.109. The van der Waals surface area contributed by atoms with E-state index >= 15 is 0 Å². The zero-order valence-electron chi connectivity index (χ0n) is 25.2. The molecule has 2 aliphatic heterocycles. The molecule has 0 bridgehead atoms. The second kappa shape index (κ2) is 16.4. The van der Waals surface area contributed by atoms with Crippen LogP contribution in [0.1, 0.15) is 53.9 Å². The molecule has 2 fully saturated rings. The van der Waals surface area contributed by atoms with Gasteiger partial charge in [0.2, 0.25) is 0 Å². The number of ketones is 1. The first-order valence-electron chi connectivity index (χ1n) is 14.2. The van der Waals surface area contributed by atoms with Crippen molar-refractivity contribution in [3.8, 4) is 0 Å². The number of hydrogen-bond acceptors (Lipinski definition) is 8. The lowest BCUT2D eigenvalue weighted by molar-refractivity contribution is -0.267. The Labute approximate surface area is 248 Å². The maximum Gasteiger partial charge on any atom is 0.303 e. The molecule has 232 valence electrons. The van der Waals surface area contributed by atoms with Crippen LogP contribution in [0.3, 0.4) is 0 Å². The highest BCUT2D eigenvalue weighted by Crippen LogP contribution is 2.28. The minimum atomic E-state index is -1.06. The van der Waals surface area contributed by atoms with Gasteiger partial charge in [-0.2, -0.15) is 0 Å². The molecule has 2 aliphatic rings. The van der Waals surface area contributed by atoms with E-state index in [2.05, 4.69) is 26.8 Å². The number of carboxylic acids is 1. The van der Waals surface area contributed by atoms with Gasteiger partial charge >= 0.3 is 5.97 Å². The third-order valence-corrected chi connectivity index (χ3v) is 7.29. The number of Topliss-reactive ketones (excluding diaryl/α,β-unsaturated/α-hetero) is 1. The third-order valence-electron chi connectivity index (χ3n) is 7.29. The summed E-state index contributed by atoms with van der Waals surface area (Å²) >= 11 is 0. The highest BCUT2D eigenvalue weighted by Gasteiger charge is 2.42.